The number of fused-ring (bicyclic) bond motifs is 3. The zero-order valence-corrected chi connectivity index (χ0v) is 16.7. The van der Waals surface area contributed by atoms with E-state index in [1.807, 2.05) is 48.5 Å². The predicted octanol–water partition coefficient (Wildman–Crippen LogP) is 4.49. The molecule has 0 saturated carbocycles. The van der Waals surface area contributed by atoms with Crippen LogP contribution in [0.25, 0.3) is 11.1 Å². The Balaban J connectivity index is 1.22. The van der Waals surface area contributed by atoms with E-state index in [-0.39, 0.29) is 12.5 Å². The van der Waals surface area contributed by atoms with Crippen LogP contribution < -0.4 is 10.1 Å². The number of aliphatic hydroxyl groups is 1. The second kappa shape index (κ2) is 9.46. The van der Waals surface area contributed by atoms with Crippen LogP contribution in [0.1, 0.15) is 29.0 Å². The number of benzene rings is 3. The van der Waals surface area contributed by atoms with Gasteiger partial charge in [0, 0.05) is 12.5 Å². The number of carbonyl (C=O) groups is 1. The fourth-order valence-electron chi connectivity index (χ4n) is 3.79. The first-order chi connectivity index (χ1) is 14.8. The van der Waals surface area contributed by atoms with Crippen LogP contribution >= 0.6 is 0 Å². The van der Waals surface area contributed by atoms with E-state index in [1.165, 1.54) is 22.3 Å². The van der Waals surface area contributed by atoms with Gasteiger partial charge in [0.1, 0.15) is 12.4 Å². The minimum atomic E-state index is -0.413. The lowest BCUT2D eigenvalue weighted by Crippen LogP contribution is -2.27. The Kier molecular flexibility index (Phi) is 6.30. The highest BCUT2D eigenvalue weighted by Crippen LogP contribution is 2.44. The summed E-state index contributed by atoms with van der Waals surface area (Å²) >= 11 is 0. The lowest BCUT2D eigenvalue weighted by atomic mass is 9.98. The highest BCUT2D eigenvalue weighted by Gasteiger charge is 2.28. The molecule has 0 bridgehead atoms. The maximum absolute atomic E-state index is 12.1. The molecule has 0 heterocycles. The number of hydrogen-bond acceptors (Lipinski definition) is 4. The van der Waals surface area contributed by atoms with Gasteiger partial charge in [-0.15, -0.1) is 0 Å². The first kappa shape index (κ1) is 20.0. The van der Waals surface area contributed by atoms with Gasteiger partial charge in [0.15, 0.2) is 0 Å². The molecule has 0 fully saturated rings. The Morgan fingerprint density at radius 2 is 1.53 bits per heavy atom. The third-order valence-electron chi connectivity index (χ3n) is 5.31. The van der Waals surface area contributed by atoms with Crippen molar-refractivity contribution in [3.63, 3.8) is 0 Å². The van der Waals surface area contributed by atoms with Crippen molar-refractivity contribution in [1.82, 2.24) is 5.32 Å². The van der Waals surface area contributed by atoms with E-state index in [4.69, 9.17) is 14.6 Å². The normalized spacial score (nSPS) is 12.2. The lowest BCUT2D eigenvalue weighted by molar-refractivity contribution is 0.142. The third-order valence-corrected chi connectivity index (χ3v) is 5.31. The molecule has 0 saturated heterocycles. The summed E-state index contributed by atoms with van der Waals surface area (Å²) in [5.74, 6) is 0.807. The molecule has 5 heteroatoms. The average molecular weight is 403 g/mol. The number of amides is 1. The molecule has 0 spiro atoms. The summed E-state index contributed by atoms with van der Waals surface area (Å²) < 4.78 is 11.1. The maximum Gasteiger partial charge on any atom is 0.407 e. The van der Waals surface area contributed by atoms with Gasteiger partial charge in [0.25, 0.3) is 0 Å². The van der Waals surface area contributed by atoms with E-state index in [0.717, 1.165) is 11.3 Å². The topological polar surface area (TPSA) is 67.8 Å². The van der Waals surface area contributed by atoms with Crippen LogP contribution in [0, 0.1) is 0 Å². The molecular weight excluding hydrogens is 378 g/mol. The van der Waals surface area contributed by atoms with Gasteiger partial charge in [-0.05, 0) is 46.4 Å². The summed E-state index contributed by atoms with van der Waals surface area (Å²) in [5.41, 5.74) is 5.68. The first-order valence-electron chi connectivity index (χ1n) is 10.2. The molecular formula is C25H25NO4. The summed E-state index contributed by atoms with van der Waals surface area (Å²) in [6.45, 7) is 1.30. The molecule has 1 aliphatic carbocycles. The van der Waals surface area contributed by atoms with E-state index in [2.05, 4.69) is 29.6 Å². The third kappa shape index (κ3) is 4.47. The van der Waals surface area contributed by atoms with Gasteiger partial charge >= 0.3 is 6.09 Å². The summed E-state index contributed by atoms with van der Waals surface area (Å²) in [7, 11) is 0. The van der Waals surface area contributed by atoms with Crippen LogP contribution in [0.4, 0.5) is 4.79 Å². The number of alkyl carbamates (subject to hydrolysis) is 1. The molecule has 3 aromatic rings. The Hall–Kier alpha value is -3.31. The van der Waals surface area contributed by atoms with Crippen LogP contribution in [-0.4, -0.2) is 31.0 Å². The summed E-state index contributed by atoms with van der Waals surface area (Å²) in [4.78, 5) is 12.1. The van der Waals surface area contributed by atoms with E-state index in [0.29, 0.717) is 26.2 Å². The van der Waals surface area contributed by atoms with Gasteiger partial charge < -0.3 is 19.9 Å². The van der Waals surface area contributed by atoms with E-state index >= 15 is 0 Å². The van der Waals surface area contributed by atoms with Crippen molar-refractivity contribution in [2.45, 2.75) is 18.9 Å². The number of hydrogen-bond donors (Lipinski definition) is 2. The Morgan fingerprint density at radius 3 is 2.17 bits per heavy atom. The quantitative estimate of drug-likeness (QED) is 0.544. The minimum Gasteiger partial charge on any atom is -0.494 e. The minimum absolute atomic E-state index is 0.0182. The van der Waals surface area contributed by atoms with Gasteiger partial charge in [0.05, 0.1) is 13.2 Å². The zero-order valence-electron chi connectivity index (χ0n) is 16.7. The average Bonchev–Trinajstić information content (AvgIpc) is 3.12. The van der Waals surface area contributed by atoms with Crippen molar-refractivity contribution in [1.29, 1.82) is 0 Å². The molecule has 1 amide bonds. The van der Waals surface area contributed by atoms with Crippen LogP contribution in [0.3, 0.4) is 0 Å². The summed E-state index contributed by atoms with van der Waals surface area (Å²) in [6, 6.07) is 23.9. The molecule has 4 rings (SSSR count). The standard InChI is InChI=1S/C25H25NO4/c27-16-18-10-12-19(13-11-18)29-15-5-14-26-25(28)30-17-24-22-8-3-1-6-20(22)21-7-2-4-9-23(21)24/h1-4,6-13,24,27H,5,14-17H2,(H,26,28). The van der Waals surface area contributed by atoms with Crippen molar-refractivity contribution in [2.24, 2.45) is 0 Å². The molecule has 5 nitrogen and oxygen atoms in total. The Bertz CT molecular complexity index is 955. The molecule has 0 aliphatic heterocycles. The van der Waals surface area contributed by atoms with Gasteiger partial charge in [-0.25, -0.2) is 4.79 Å². The first-order valence-corrected chi connectivity index (χ1v) is 10.2. The Labute approximate surface area is 176 Å². The number of aliphatic hydroxyl groups excluding tert-OH is 1. The SMILES string of the molecule is O=C(NCCCOc1ccc(CO)cc1)OCC1c2ccccc2-c2ccccc21. The number of carbonyl (C=O) groups excluding carboxylic acids is 1. The number of ether oxygens (including phenoxy) is 2. The smallest absolute Gasteiger partial charge is 0.407 e. The fraction of sp³-hybridized carbons (Fsp3) is 0.240. The van der Waals surface area contributed by atoms with Gasteiger partial charge in [-0.1, -0.05) is 60.7 Å². The lowest BCUT2D eigenvalue weighted by Gasteiger charge is -2.14. The van der Waals surface area contributed by atoms with Crippen molar-refractivity contribution < 1.29 is 19.4 Å². The number of nitrogens with one attached hydrogen (secondary N) is 1. The molecule has 0 atom stereocenters. The van der Waals surface area contributed by atoms with Crippen molar-refractivity contribution in [3.8, 4) is 16.9 Å². The van der Waals surface area contributed by atoms with Crippen LogP contribution in [-0.2, 0) is 11.3 Å². The van der Waals surface area contributed by atoms with Gasteiger partial charge in [-0.2, -0.15) is 0 Å². The Morgan fingerprint density at radius 1 is 0.900 bits per heavy atom. The van der Waals surface area contributed by atoms with Crippen molar-refractivity contribution in [3.05, 3.63) is 89.5 Å². The molecule has 2 N–H and O–H groups in total. The fourth-order valence-corrected chi connectivity index (χ4v) is 3.79. The van der Waals surface area contributed by atoms with Crippen molar-refractivity contribution >= 4 is 6.09 Å². The van der Waals surface area contributed by atoms with Gasteiger partial charge in [0.2, 0.25) is 0 Å². The molecule has 1 aliphatic rings. The summed E-state index contributed by atoms with van der Waals surface area (Å²) in [6.07, 6.45) is 0.260. The van der Waals surface area contributed by atoms with Crippen LogP contribution in [0.15, 0.2) is 72.8 Å². The second-order valence-corrected chi connectivity index (χ2v) is 7.26. The van der Waals surface area contributed by atoms with Crippen LogP contribution in [0.5, 0.6) is 5.75 Å². The zero-order chi connectivity index (χ0) is 20.8. The molecule has 0 unspecified atom stereocenters. The molecule has 3 aromatic carbocycles. The number of rotatable bonds is 8. The highest BCUT2D eigenvalue weighted by atomic mass is 16.5. The monoisotopic (exact) mass is 403 g/mol. The van der Waals surface area contributed by atoms with Crippen LogP contribution in [0.2, 0.25) is 0 Å². The maximum atomic E-state index is 12.1. The molecule has 0 aromatic heterocycles. The van der Waals surface area contributed by atoms with Crippen molar-refractivity contribution in [2.75, 3.05) is 19.8 Å². The molecule has 30 heavy (non-hydrogen) atoms. The highest BCUT2D eigenvalue weighted by molar-refractivity contribution is 5.79. The molecule has 154 valence electrons. The largest absolute Gasteiger partial charge is 0.494 e. The van der Waals surface area contributed by atoms with Gasteiger partial charge in [-0.3, -0.25) is 0 Å². The second-order valence-electron chi connectivity index (χ2n) is 7.26. The van der Waals surface area contributed by atoms with E-state index in [1.54, 1.807) is 0 Å². The van der Waals surface area contributed by atoms with E-state index in [9.17, 15) is 4.79 Å². The predicted molar refractivity (Wildman–Crippen MR) is 116 cm³/mol. The molecule has 0 radical (unpaired) electrons. The summed E-state index contributed by atoms with van der Waals surface area (Å²) in [5, 5.41) is 11.8. The van der Waals surface area contributed by atoms with E-state index < -0.39 is 6.09 Å².